The van der Waals surface area contributed by atoms with Gasteiger partial charge in [0.1, 0.15) is 16.9 Å². The first-order chi connectivity index (χ1) is 11.5. The summed E-state index contributed by atoms with van der Waals surface area (Å²) in [5.74, 6) is -2.22. The molecular weight excluding hydrogens is 337 g/mol. The fourth-order valence-corrected chi connectivity index (χ4v) is 3.53. The third kappa shape index (κ3) is 3.36. The molecule has 7 nitrogen and oxygen atoms in total. The number of rotatable bonds is 4. The second-order valence-electron chi connectivity index (χ2n) is 5.96. The van der Waals surface area contributed by atoms with Crippen molar-refractivity contribution in [2.75, 3.05) is 0 Å². The maximum atomic E-state index is 12.4. The van der Waals surface area contributed by atoms with Crippen molar-refractivity contribution in [2.24, 2.45) is 0 Å². The molecule has 0 N–H and O–H groups in total. The summed E-state index contributed by atoms with van der Waals surface area (Å²) in [4.78, 5) is 34.6. The van der Waals surface area contributed by atoms with Crippen LogP contribution in [0.1, 0.15) is 53.4 Å². The Bertz CT molecular complexity index is 918. The number of benzene rings is 1. The molecule has 25 heavy (non-hydrogen) atoms. The van der Waals surface area contributed by atoms with E-state index in [1.807, 2.05) is 6.92 Å². The Morgan fingerprint density at radius 3 is 2.48 bits per heavy atom. The Morgan fingerprint density at radius 1 is 1.28 bits per heavy atom. The third-order valence-electron chi connectivity index (χ3n) is 4.46. The van der Waals surface area contributed by atoms with Crippen LogP contribution in [0.2, 0.25) is 0 Å². The number of aromatic carboxylic acids is 1. The smallest absolute Gasteiger partial charge is 0.542 e. The summed E-state index contributed by atoms with van der Waals surface area (Å²) < 4.78 is 5.38. The first kappa shape index (κ1) is 19.6. The van der Waals surface area contributed by atoms with Crippen molar-refractivity contribution in [3.63, 3.8) is 0 Å². The van der Waals surface area contributed by atoms with Crippen LogP contribution in [0.3, 0.4) is 0 Å². The van der Waals surface area contributed by atoms with Gasteiger partial charge in [-0.2, -0.15) is 0 Å². The maximum absolute atomic E-state index is 12.4. The van der Waals surface area contributed by atoms with Gasteiger partial charge in [-0.3, -0.25) is 14.9 Å². The van der Waals surface area contributed by atoms with Gasteiger partial charge in [0.25, 0.3) is 5.69 Å². The van der Waals surface area contributed by atoms with Crippen molar-refractivity contribution in [1.29, 1.82) is 0 Å². The average Bonchev–Trinajstić information content (AvgIpc) is 2.54. The monoisotopic (exact) mass is 353 g/mol. The van der Waals surface area contributed by atoms with E-state index >= 15 is 0 Å². The van der Waals surface area contributed by atoms with E-state index in [2.05, 4.69) is 0 Å². The van der Waals surface area contributed by atoms with Crippen LogP contribution in [0.25, 0.3) is 11.0 Å². The van der Waals surface area contributed by atoms with Crippen molar-refractivity contribution in [2.45, 2.75) is 45.4 Å². The summed E-state index contributed by atoms with van der Waals surface area (Å²) in [6.45, 7) is 1.95. The van der Waals surface area contributed by atoms with Crippen LogP contribution in [0.15, 0.2) is 15.3 Å². The standard InChI is InChI=1S/C17H17NO6.Na/c1-2-5-11-9-6-3-4-7-10(9)15(18(22)23)14-12(19)8-13(17(20)21)24-16(11)14;/h8H,2-7H2,1H3,(H,20,21);/q;+1/p-1. The molecule has 0 saturated carbocycles. The summed E-state index contributed by atoms with van der Waals surface area (Å²) >= 11 is 0. The third-order valence-corrected chi connectivity index (χ3v) is 4.46. The molecular formula is C17H16NNaO6. The van der Waals surface area contributed by atoms with E-state index in [-0.39, 0.29) is 46.2 Å². The van der Waals surface area contributed by atoms with E-state index in [1.165, 1.54) is 0 Å². The average molecular weight is 353 g/mol. The molecule has 8 heteroatoms. The van der Waals surface area contributed by atoms with Crippen LogP contribution in [-0.4, -0.2) is 10.9 Å². The van der Waals surface area contributed by atoms with Crippen molar-refractivity contribution >= 4 is 22.6 Å². The van der Waals surface area contributed by atoms with Crippen molar-refractivity contribution in [3.8, 4) is 0 Å². The van der Waals surface area contributed by atoms with Gasteiger partial charge >= 0.3 is 29.6 Å². The Morgan fingerprint density at radius 2 is 1.92 bits per heavy atom. The Labute approximate surface area is 165 Å². The van der Waals surface area contributed by atoms with Crippen molar-refractivity contribution in [1.82, 2.24) is 0 Å². The topological polar surface area (TPSA) is 113 Å². The molecule has 0 aliphatic heterocycles. The van der Waals surface area contributed by atoms with Gasteiger partial charge in [-0.25, -0.2) is 0 Å². The number of hydrogen-bond donors (Lipinski definition) is 0. The number of nitro benzene ring substituents is 1. The number of carboxylic acids is 1. The van der Waals surface area contributed by atoms with E-state index in [1.54, 1.807) is 0 Å². The Hall–Kier alpha value is -1.70. The summed E-state index contributed by atoms with van der Waals surface area (Å²) in [5, 5.41) is 22.6. The largest absolute Gasteiger partial charge is 1.00 e. The number of carbonyl (C=O) groups is 1. The zero-order valence-electron chi connectivity index (χ0n) is 14.2. The van der Waals surface area contributed by atoms with E-state index in [0.29, 0.717) is 30.4 Å². The van der Waals surface area contributed by atoms with E-state index in [4.69, 9.17) is 4.42 Å². The quantitative estimate of drug-likeness (QED) is 0.392. The van der Waals surface area contributed by atoms with Gasteiger partial charge in [-0.15, -0.1) is 0 Å². The molecule has 0 atom stereocenters. The first-order valence-corrected chi connectivity index (χ1v) is 7.95. The number of nitrogens with zero attached hydrogens (tertiary/aromatic N) is 1. The number of hydrogen-bond acceptors (Lipinski definition) is 6. The van der Waals surface area contributed by atoms with E-state index in [9.17, 15) is 24.8 Å². The molecule has 0 amide bonds. The Kier molecular flexibility index (Phi) is 6.03. The van der Waals surface area contributed by atoms with Gasteiger partial charge in [0, 0.05) is 11.6 Å². The molecule has 2 aromatic rings. The number of nitro groups is 1. The Balaban J connectivity index is 0.00000225. The second-order valence-corrected chi connectivity index (χ2v) is 5.96. The van der Waals surface area contributed by atoms with Gasteiger partial charge in [-0.1, -0.05) is 13.3 Å². The second kappa shape index (κ2) is 7.68. The number of fused-ring (bicyclic) bond motifs is 2. The predicted octanol–water partition coefficient (Wildman–Crippen LogP) is -1.10. The molecule has 126 valence electrons. The minimum absolute atomic E-state index is 0. The van der Waals surface area contributed by atoms with Gasteiger partial charge in [0.05, 0.1) is 4.92 Å². The van der Waals surface area contributed by atoms with Gasteiger partial charge in [-0.05, 0) is 43.2 Å². The van der Waals surface area contributed by atoms with E-state index < -0.39 is 22.1 Å². The fraction of sp³-hybridized carbons (Fsp3) is 0.412. The summed E-state index contributed by atoms with van der Waals surface area (Å²) in [6, 6.07) is 0.760. The van der Waals surface area contributed by atoms with Gasteiger partial charge in [0.2, 0.25) is 0 Å². The van der Waals surface area contributed by atoms with Crippen LogP contribution in [-0.2, 0) is 19.3 Å². The number of carboxylic acid groups (broad SMARTS) is 1. The van der Waals surface area contributed by atoms with E-state index in [0.717, 1.165) is 30.9 Å². The zero-order chi connectivity index (χ0) is 17.4. The number of aryl methyl sites for hydroxylation is 1. The predicted molar refractivity (Wildman–Crippen MR) is 84.1 cm³/mol. The summed E-state index contributed by atoms with van der Waals surface area (Å²) in [7, 11) is 0. The minimum Gasteiger partial charge on any atom is -0.542 e. The molecule has 3 rings (SSSR count). The molecule has 0 radical (unpaired) electrons. The van der Waals surface area contributed by atoms with Gasteiger partial charge in [0.15, 0.2) is 11.2 Å². The van der Waals surface area contributed by atoms with Crippen molar-refractivity contribution < 1.29 is 48.8 Å². The molecule has 1 aliphatic rings. The SMILES string of the molecule is CCCc1c2c(c([N+](=O)[O-])c3c(=O)cc(C(=O)[O-])oc13)CCCC2.[Na+]. The molecule has 1 aromatic heterocycles. The normalized spacial score (nSPS) is 13.2. The molecule has 1 aliphatic carbocycles. The van der Waals surface area contributed by atoms with Crippen LogP contribution in [0, 0.1) is 10.1 Å². The molecule has 0 unspecified atom stereocenters. The maximum Gasteiger partial charge on any atom is 1.00 e. The molecule has 1 heterocycles. The molecule has 0 saturated heterocycles. The molecule has 0 bridgehead atoms. The zero-order valence-corrected chi connectivity index (χ0v) is 16.2. The molecule has 0 fully saturated rings. The summed E-state index contributed by atoms with van der Waals surface area (Å²) in [6.07, 6.45) is 4.25. The fourth-order valence-electron chi connectivity index (χ4n) is 3.53. The van der Waals surface area contributed by atoms with Crippen molar-refractivity contribution in [3.05, 3.63) is 48.9 Å². The van der Waals surface area contributed by atoms with Crippen LogP contribution in [0.5, 0.6) is 0 Å². The van der Waals surface area contributed by atoms with Crippen LogP contribution in [0.4, 0.5) is 5.69 Å². The number of carbonyl (C=O) groups excluding carboxylic acids is 1. The van der Waals surface area contributed by atoms with Gasteiger partial charge < -0.3 is 14.3 Å². The van der Waals surface area contributed by atoms with Crippen LogP contribution >= 0.6 is 0 Å². The minimum atomic E-state index is -1.61. The first-order valence-electron chi connectivity index (χ1n) is 7.95. The molecule has 1 aromatic carbocycles. The summed E-state index contributed by atoms with van der Waals surface area (Å²) in [5.41, 5.74) is 1.21. The molecule has 0 spiro atoms. The van der Waals surface area contributed by atoms with Crippen LogP contribution < -0.4 is 40.1 Å².